The van der Waals surface area contributed by atoms with Crippen molar-refractivity contribution in [2.75, 3.05) is 24.7 Å². The minimum absolute atomic E-state index is 0.0299. The Morgan fingerprint density at radius 2 is 1.89 bits per heavy atom. The number of carbonyl (C=O) groups excluding carboxylic acids is 2. The van der Waals surface area contributed by atoms with E-state index in [1.807, 2.05) is 30.3 Å². The monoisotopic (exact) mass is 400 g/mol. The molecule has 2 aromatic carbocycles. The second-order valence-corrected chi connectivity index (χ2v) is 9.23. The maximum atomic E-state index is 12.7. The molecule has 6 nitrogen and oxygen atoms in total. The Bertz CT molecular complexity index is 987. The summed E-state index contributed by atoms with van der Waals surface area (Å²) in [7, 11) is -3.36. The summed E-state index contributed by atoms with van der Waals surface area (Å²) in [4.78, 5) is 26.8. The Hall–Kier alpha value is -2.67. The number of benzene rings is 2. The lowest BCUT2D eigenvalue weighted by molar-refractivity contribution is -0.128. The quantitative estimate of drug-likeness (QED) is 0.807. The molecule has 1 aliphatic heterocycles. The van der Waals surface area contributed by atoms with Crippen molar-refractivity contribution in [3.8, 4) is 0 Å². The van der Waals surface area contributed by atoms with Gasteiger partial charge in [0.1, 0.15) is 0 Å². The van der Waals surface area contributed by atoms with Crippen molar-refractivity contribution in [3.05, 3.63) is 59.7 Å². The van der Waals surface area contributed by atoms with Gasteiger partial charge < -0.3 is 10.2 Å². The molecule has 0 spiro atoms. The van der Waals surface area contributed by atoms with Crippen molar-refractivity contribution in [2.45, 2.75) is 24.7 Å². The van der Waals surface area contributed by atoms with Crippen LogP contribution in [0.25, 0.3) is 0 Å². The summed E-state index contributed by atoms with van der Waals surface area (Å²) < 4.78 is 23.5. The van der Waals surface area contributed by atoms with E-state index in [-0.39, 0.29) is 23.1 Å². The summed E-state index contributed by atoms with van der Waals surface area (Å²) in [5, 5.41) is 2.80. The summed E-state index contributed by atoms with van der Waals surface area (Å²) >= 11 is 0. The average molecular weight is 401 g/mol. The van der Waals surface area contributed by atoms with Gasteiger partial charge in [-0.05, 0) is 36.6 Å². The number of sulfone groups is 1. The molecule has 0 bridgehead atoms. The van der Waals surface area contributed by atoms with Crippen LogP contribution < -0.4 is 5.32 Å². The first-order valence-corrected chi connectivity index (χ1v) is 11.1. The van der Waals surface area contributed by atoms with Crippen molar-refractivity contribution in [1.82, 2.24) is 4.90 Å². The molecule has 1 fully saturated rings. The van der Waals surface area contributed by atoms with Crippen LogP contribution in [0.5, 0.6) is 0 Å². The molecule has 28 heavy (non-hydrogen) atoms. The molecule has 148 valence electrons. The zero-order valence-corrected chi connectivity index (χ0v) is 16.8. The Morgan fingerprint density at radius 3 is 2.57 bits per heavy atom. The number of anilines is 1. The number of likely N-dealkylation sites (tertiary alicyclic amines) is 1. The third kappa shape index (κ3) is 4.78. The van der Waals surface area contributed by atoms with Crippen LogP contribution in [0, 0.1) is 12.8 Å². The molecule has 1 atom stereocenters. The first-order chi connectivity index (χ1) is 13.2. The van der Waals surface area contributed by atoms with Gasteiger partial charge in [-0.15, -0.1) is 0 Å². The molecular formula is C21H24N2O4S. The average Bonchev–Trinajstić information content (AvgIpc) is 3.02. The number of amides is 2. The van der Waals surface area contributed by atoms with Crippen molar-refractivity contribution < 1.29 is 18.0 Å². The Labute approximate surface area is 165 Å². The minimum atomic E-state index is -3.36. The topological polar surface area (TPSA) is 83.5 Å². The smallest absolute Gasteiger partial charge is 0.229 e. The fourth-order valence-electron chi connectivity index (χ4n) is 3.27. The highest BCUT2D eigenvalue weighted by atomic mass is 32.2. The number of nitrogens with one attached hydrogen (secondary N) is 1. The Morgan fingerprint density at radius 1 is 1.18 bits per heavy atom. The van der Waals surface area contributed by atoms with Crippen LogP contribution in [-0.2, 0) is 25.8 Å². The van der Waals surface area contributed by atoms with Crippen LogP contribution in [0.4, 0.5) is 5.69 Å². The van der Waals surface area contributed by atoms with Gasteiger partial charge in [0.05, 0.1) is 10.8 Å². The predicted molar refractivity (Wildman–Crippen MR) is 108 cm³/mol. The normalized spacial score (nSPS) is 17.0. The van der Waals surface area contributed by atoms with E-state index in [1.165, 1.54) is 12.1 Å². The van der Waals surface area contributed by atoms with Crippen molar-refractivity contribution in [3.63, 3.8) is 0 Å². The van der Waals surface area contributed by atoms with E-state index in [0.29, 0.717) is 18.8 Å². The number of rotatable bonds is 6. The summed E-state index contributed by atoms with van der Waals surface area (Å²) in [5.74, 6) is -0.730. The maximum absolute atomic E-state index is 12.7. The molecular weight excluding hydrogens is 376 g/mol. The first-order valence-electron chi connectivity index (χ1n) is 9.17. The molecule has 1 N–H and O–H groups in total. The van der Waals surface area contributed by atoms with Gasteiger partial charge in [-0.25, -0.2) is 8.42 Å². The number of hydrogen-bond donors (Lipinski definition) is 1. The Kier molecular flexibility index (Phi) is 5.84. The van der Waals surface area contributed by atoms with Gasteiger partial charge in [-0.1, -0.05) is 36.4 Å². The van der Waals surface area contributed by atoms with E-state index in [0.717, 1.165) is 23.8 Å². The third-order valence-electron chi connectivity index (χ3n) is 4.99. The maximum Gasteiger partial charge on any atom is 0.229 e. The second-order valence-electron chi connectivity index (χ2n) is 7.21. The zero-order chi connectivity index (χ0) is 20.3. The first kappa shape index (κ1) is 20.1. The number of carbonyl (C=O) groups is 2. The molecule has 0 aromatic heterocycles. The SMILES string of the molecule is Cc1ccc(S(C)(=O)=O)cc1NC(=O)[C@@H]1CC(=O)N(CCc2ccccc2)C1. The van der Waals surface area contributed by atoms with E-state index < -0.39 is 15.8 Å². The summed E-state index contributed by atoms with van der Waals surface area (Å²) in [6, 6.07) is 14.6. The van der Waals surface area contributed by atoms with E-state index in [4.69, 9.17) is 0 Å². The summed E-state index contributed by atoms with van der Waals surface area (Å²) in [5.41, 5.74) is 2.38. The fraction of sp³-hybridized carbons (Fsp3) is 0.333. The largest absolute Gasteiger partial charge is 0.342 e. The van der Waals surface area contributed by atoms with Gasteiger partial charge in [0.15, 0.2) is 9.84 Å². The van der Waals surface area contributed by atoms with Gasteiger partial charge in [0.25, 0.3) is 0 Å². The van der Waals surface area contributed by atoms with Crippen molar-refractivity contribution in [2.24, 2.45) is 5.92 Å². The molecule has 0 aliphatic carbocycles. The van der Waals surface area contributed by atoms with Gasteiger partial charge >= 0.3 is 0 Å². The van der Waals surface area contributed by atoms with Gasteiger partial charge in [0.2, 0.25) is 11.8 Å². The summed E-state index contributed by atoms with van der Waals surface area (Å²) in [6.07, 6.45) is 2.05. The van der Waals surface area contributed by atoms with E-state index in [2.05, 4.69) is 5.32 Å². The lowest BCUT2D eigenvalue weighted by Crippen LogP contribution is -2.30. The molecule has 2 aromatic rings. The zero-order valence-electron chi connectivity index (χ0n) is 16.0. The standard InChI is InChI=1S/C21H24N2O4S/c1-15-8-9-18(28(2,26)27)13-19(15)22-21(25)17-12-20(24)23(14-17)11-10-16-6-4-3-5-7-16/h3-9,13,17H,10-12,14H2,1-2H3,(H,22,25)/t17-/m1/s1. The Balaban J connectivity index is 1.63. The van der Waals surface area contributed by atoms with E-state index in [1.54, 1.807) is 17.9 Å². The highest BCUT2D eigenvalue weighted by Gasteiger charge is 2.34. The third-order valence-corrected chi connectivity index (χ3v) is 6.10. The molecule has 1 saturated heterocycles. The van der Waals surface area contributed by atoms with Crippen molar-refractivity contribution >= 4 is 27.3 Å². The molecule has 7 heteroatoms. The number of aryl methyl sites for hydroxylation is 1. The predicted octanol–water partition coefficient (Wildman–Crippen LogP) is 2.43. The van der Waals surface area contributed by atoms with Crippen molar-refractivity contribution in [1.29, 1.82) is 0 Å². The highest BCUT2D eigenvalue weighted by Crippen LogP contribution is 2.24. The van der Waals surface area contributed by atoms with Crippen LogP contribution in [0.15, 0.2) is 53.4 Å². The molecule has 1 aliphatic rings. The molecule has 2 amide bonds. The highest BCUT2D eigenvalue weighted by molar-refractivity contribution is 7.90. The fourth-order valence-corrected chi connectivity index (χ4v) is 3.92. The van der Waals surface area contributed by atoms with Crippen LogP contribution >= 0.6 is 0 Å². The lowest BCUT2D eigenvalue weighted by Gasteiger charge is -2.17. The molecule has 0 unspecified atom stereocenters. The molecule has 0 saturated carbocycles. The molecule has 3 rings (SSSR count). The van der Waals surface area contributed by atoms with Gasteiger partial charge in [0, 0.05) is 31.5 Å². The van der Waals surface area contributed by atoms with Gasteiger partial charge in [-0.2, -0.15) is 0 Å². The van der Waals surface area contributed by atoms with Crippen LogP contribution in [-0.4, -0.2) is 44.5 Å². The second kappa shape index (κ2) is 8.14. The molecule has 1 heterocycles. The van der Waals surface area contributed by atoms with Crippen LogP contribution in [0.3, 0.4) is 0 Å². The molecule has 0 radical (unpaired) electrons. The van der Waals surface area contributed by atoms with Crippen LogP contribution in [0.2, 0.25) is 0 Å². The number of nitrogens with zero attached hydrogens (tertiary/aromatic N) is 1. The van der Waals surface area contributed by atoms with Gasteiger partial charge in [-0.3, -0.25) is 9.59 Å². The van der Waals surface area contributed by atoms with Crippen LogP contribution in [0.1, 0.15) is 17.5 Å². The lowest BCUT2D eigenvalue weighted by atomic mass is 10.1. The van der Waals surface area contributed by atoms with E-state index in [9.17, 15) is 18.0 Å². The summed E-state index contributed by atoms with van der Waals surface area (Å²) in [6.45, 7) is 2.76. The van der Waals surface area contributed by atoms with E-state index >= 15 is 0 Å². The minimum Gasteiger partial charge on any atom is -0.342 e. The number of hydrogen-bond acceptors (Lipinski definition) is 4.